The molecule has 0 fully saturated rings. The highest BCUT2D eigenvalue weighted by Crippen LogP contribution is 2.05. The van der Waals surface area contributed by atoms with E-state index in [0.29, 0.717) is 12.3 Å². The van der Waals surface area contributed by atoms with Gasteiger partial charge in [-0.1, -0.05) is 13.8 Å². The fraction of sp³-hybridized carbons (Fsp3) is 1.00. The maximum absolute atomic E-state index is 8.86. The molecule has 0 bridgehead atoms. The molecule has 0 rings (SSSR count). The number of hydrogen-bond donors (Lipinski definition) is 2. The average Bonchev–Trinajstić information content (AvgIpc) is 1.83. The fourth-order valence-electron chi connectivity index (χ4n) is 0.617. The van der Waals surface area contributed by atoms with Crippen molar-refractivity contribution in [3.63, 3.8) is 0 Å². The van der Waals surface area contributed by atoms with Crippen LogP contribution in [0.4, 0.5) is 0 Å². The second kappa shape index (κ2) is 4.77. The quantitative estimate of drug-likeness (QED) is 0.593. The number of aliphatic hydroxyl groups is 2. The van der Waals surface area contributed by atoms with Crippen molar-refractivity contribution in [1.29, 1.82) is 0 Å². The van der Waals surface area contributed by atoms with Crippen LogP contribution in [0.2, 0.25) is 0 Å². The maximum atomic E-state index is 8.86. The van der Waals surface area contributed by atoms with Gasteiger partial charge in [0.2, 0.25) is 0 Å². The lowest BCUT2D eigenvalue weighted by molar-refractivity contribution is 0.0837. The van der Waals surface area contributed by atoms with Gasteiger partial charge in [-0.25, -0.2) is 0 Å². The highest BCUT2D eigenvalue weighted by molar-refractivity contribution is 4.54. The molecule has 1 atom stereocenters. The van der Waals surface area contributed by atoms with Gasteiger partial charge in [-0.2, -0.15) is 0 Å². The Morgan fingerprint density at radius 1 is 1.22 bits per heavy atom. The minimum Gasteiger partial charge on any atom is -0.394 e. The first-order valence-corrected chi connectivity index (χ1v) is 3.45. The van der Waals surface area contributed by atoms with Gasteiger partial charge in [0.05, 0.1) is 12.7 Å². The molecule has 0 aliphatic rings. The van der Waals surface area contributed by atoms with Gasteiger partial charge in [-0.3, -0.25) is 0 Å². The summed E-state index contributed by atoms with van der Waals surface area (Å²) in [6.07, 6.45) is 1.20. The molecular weight excluding hydrogens is 116 g/mol. The van der Waals surface area contributed by atoms with Crippen LogP contribution in [0.25, 0.3) is 0 Å². The second-order valence-electron chi connectivity index (χ2n) is 2.81. The van der Waals surface area contributed by atoms with Crippen LogP contribution >= 0.6 is 0 Å². The van der Waals surface area contributed by atoms with Crippen LogP contribution in [0.1, 0.15) is 26.7 Å². The van der Waals surface area contributed by atoms with Crippen molar-refractivity contribution in [2.45, 2.75) is 32.8 Å². The summed E-state index contributed by atoms with van der Waals surface area (Å²) in [6.45, 7) is 4.10. The van der Waals surface area contributed by atoms with Crippen molar-refractivity contribution >= 4 is 0 Å². The van der Waals surface area contributed by atoms with E-state index in [0.717, 1.165) is 6.42 Å². The molecule has 0 amide bonds. The Bertz CT molecular complexity index is 61.9. The molecular formula is C7H16O2. The van der Waals surface area contributed by atoms with Gasteiger partial charge in [0.25, 0.3) is 0 Å². The minimum absolute atomic E-state index is 0.104. The van der Waals surface area contributed by atoms with Crippen LogP contribution in [-0.2, 0) is 0 Å². The van der Waals surface area contributed by atoms with E-state index in [1.165, 1.54) is 0 Å². The van der Waals surface area contributed by atoms with E-state index in [-0.39, 0.29) is 6.61 Å². The predicted octanol–water partition coefficient (Wildman–Crippen LogP) is 0.776. The summed E-state index contributed by atoms with van der Waals surface area (Å²) in [5, 5.41) is 17.3. The van der Waals surface area contributed by atoms with E-state index >= 15 is 0 Å². The molecule has 0 heterocycles. The Morgan fingerprint density at radius 2 is 1.78 bits per heavy atom. The Labute approximate surface area is 56.5 Å². The van der Waals surface area contributed by atoms with Crippen molar-refractivity contribution in [1.82, 2.24) is 0 Å². The number of hydrogen-bond acceptors (Lipinski definition) is 2. The number of rotatable bonds is 4. The highest BCUT2D eigenvalue weighted by Gasteiger charge is 2.02. The summed E-state index contributed by atoms with van der Waals surface area (Å²) in [4.78, 5) is 0. The molecule has 0 aliphatic heterocycles. The molecule has 56 valence electrons. The maximum Gasteiger partial charge on any atom is 0.0771 e. The molecule has 0 spiro atoms. The van der Waals surface area contributed by atoms with Crippen molar-refractivity contribution in [2.75, 3.05) is 6.61 Å². The summed E-state index contributed by atoms with van der Waals surface area (Å²) in [5.41, 5.74) is 0. The van der Waals surface area contributed by atoms with Crippen LogP contribution in [0.3, 0.4) is 0 Å². The smallest absolute Gasteiger partial charge is 0.0771 e. The largest absolute Gasteiger partial charge is 0.394 e. The van der Waals surface area contributed by atoms with Crippen LogP contribution in [0, 0.1) is 5.92 Å². The summed E-state index contributed by atoms with van der Waals surface area (Å²) < 4.78 is 0. The first-order chi connectivity index (χ1) is 4.16. The summed E-state index contributed by atoms with van der Waals surface area (Å²) in [5.74, 6) is 0.617. The lowest BCUT2D eigenvalue weighted by atomic mass is 10.1. The monoisotopic (exact) mass is 132 g/mol. The lowest BCUT2D eigenvalue weighted by Gasteiger charge is -2.07. The minimum atomic E-state index is -0.507. The molecule has 0 radical (unpaired) electrons. The molecule has 0 saturated carbocycles. The van der Waals surface area contributed by atoms with Gasteiger partial charge < -0.3 is 10.2 Å². The fourth-order valence-corrected chi connectivity index (χ4v) is 0.617. The van der Waals surface area contributed by atoms with E-state index in [4.69, 9.17) is 10.2 Å². The summed E-state index contributed by atoms with van der Waals surface area (Å²) in [7, 11) is 0. The van der Waals surface area contributed by atoms with E-state index < -0.39 is 6.10 Å². The molecule has 2 N–H and O–H groups in total. The van der Waals surface area contributed by atoms with E-state index in [9.17, 15) is 0 Å². The van der Waals surface area contributed by atoms with Crippen LogP contribution in [0.15, 0.2) is 0 Å². The normalized spacial score (nSPS) is 14.3. The molecule has 2 heteroatoms. The van der Waals surface area contributed by atoms with Gasteiger partial charge in [-0.05, 0) is 18.8 Å². The zero-order valence-corrected chi connectivity index (χ0v) is 6.17. The van der Waals surface area contributed by atoms with Crippen LogP contribution < -0.4 is 0 Å². The van der Waals surface area contributed by atoms with Gasteiger partial charge >= 0.3 is 0 Å². The average molecular weight is 132 g/mol. The first-order valence-electron chi connectivity index (χ1n) is 3.45. The van der Waals surface area contributed by atoms with Crippen LogP contribution in [0.5, 0.6) is 0 Å². The Hall–Kier alpha value is -0.0800. The van der Waals surface area contributed by atoms with Gasteiger partial charge in [0.1, 0.15) is 0 Å². The van der Waals surface area contributed by atoms with Crippen LogP contribution in [-0.4, -0.2) is 22.9 Å². The first kappa shape index (κ1) is 8.92. The molecule has 0 saturated heterocycles. The molecule has 0 aliphatic carbocycles. The van der Waals surface area contributed by atoms with E-state index in [1.54, 1.807) is 0 Å². The van der Waals surface area contributed by atoms with Gasteiger partial charge in [-0.15, -0.1) is 0 Å². The number of aliphatic hydroxyl groups excluding tert-OH is 2. The van der Waals surface area contributed by atoms with Gasteiger partial charge in [0.15, 0.2) is 0 Å². The van der Waals surface area contributed by atoms with Crippen molar-refractivity contribution < 1.29 is 10.2 Å². The lowest BCUT2D eigenvalue weighted by Crippen LogP contribution is -2.12. The zero-order valence-electron chi connectivity index (χ0n) is 6.17. The Kier molecular flexibility index (Phi) is 4.72. The topological polar surface area (TPSA) is 40.5 Å². The Balaban J connectivity index is 3.06. The van der Waals surface area contributed by atoms with E-state index in [1.807, 2.05) is 0 Å². The SMILES string of the molecule is CC(C)CC[C@H](O)CO. The third-order valence-corrected chi connectivity index (χ3v) is 1.29. The highest BCUT2D eigenvalue weighted by atomic mass is 16.3. The molecule has 0 aromatic heterocycles. The summed E-state index contributed by atoms with van der Waals surface area (Å²) in [6, 6.07) is 0. The standard InChI is InChI=1S/C7H16O2/c1-6(2)3-4-7(9)5-8/h6-9H,3-5H2,1-2H3/t7-/m0/s1. The molecule has 9 heavy (non-hydrogen) atoms. The molecule has 0 unspecified atom stereocenters. The van der Waals surface area contributed by atoms with Crippen molar-refractivity contribution in [2.24, 2.45) is 5.92 Å². The zero-order chi connectivity index (χ0) is 7.28. The van der Waals surface area contributed by atoms with Gasteiger partial charge in [0, 0.05) is 0 Å². The van der Waals surface area contributed by atoms with Crippen molar-refractivity contribution in [3.8, 4) is 0 Å². The predicted molar refractivity (Wildman–Crippen MR) is 37.2 cm³/mol. The van der Waals surface area contributed by atoms with E-state index in [2.05, 4.69) is 13.8 Å². The third kappa shape index (κ3) is 5.80. The molecule has 0 aromatic carbocycles. The molecule has 0 aromatic rings. The third-order valence-electron chi connectivity index (χ3n) is 1.29. The second-order valence-corrected chi connectivity index (χ2v) is 2.81. The Morgan fingerprint density at radius 3 is 2.11 bits per heavy atom. The molecule has 2 nitrogen and oxygen atoms in total. The van der Waals surface area contributed by atoms with Crippen molar-refractivity contribution in [3.05, 3.63) is 0 Å². The summed E-state index contributed by atoms with van der Waals surface area (Å²) >= 11 is 0.